The molecule has 9 aromatic rings. The fourth-order valence-corrected chi connectivity index (χ4v) is 7.51. The number of para-hydroxylation sites is 2. The first kappa shape index (κ1) is 29.3. The second-order valence-corrected chi connectivity index (χ2v) is 13.1. The highest BCUT2D eigenvalue weighted by Gasteiger charge is 2.19. The molecule has 1 aliphatic rings. The number of aromatic nitrogens is 4. The van der Waals surface area contributed by atoms with Crippen molar-refractivity contribution < 1.29 is 4.42 Å². The Morgan fingerprint density at radius 2 is 1.29 bits per heavy atom. The molecule has 6 aromatic carbocycles. The molecule has 0 bridgehead atoms. The molecule has 1 aliphatic carbocycles. The van der Waals surface area contributed by atoms with Crippen LogP contribution in [0.1, 0.15) is 29.8 Å². The molecule has 0 fully saturated rings. The molecule has 3 aromatic heterocycles. The second-order valence-electron chi connectivity index (χ2n) is 13.1. The Labute approximate surface area is 294 Å². The predicted molar refractivity (Wildman–Crippen MR) is 208 cm³/mol. The molecule has 0 aliphatic heterocycles. The lowest BCUT2D eigenvalue weighted by Gasteiger charge is -2.11. The Kier molecular flexibility index (Phi) is 6.95. The Bertz CT molecular complexity index is 2830. The minimum Gasteiger partial charge on any atom is -0.456 e. The van der Waals surface area contributed by atoms with Crippen LogP contribution in [0.2, 0.25) is 0 Å². The summed E-state index contributed by atoms with van der Waals surface area (Å²) >= 11 is 0. The molecule has 3 heterocycles. The van der Waals surface area contributed by atoms with E-state index >= 15 is 0 Å². The molecule has 5 heteroatoms. The Balaban J connectivity index is 1.05. The third-order valence-electron chi connectivity index (χ3n) is 9.88. The molecule has 0 atom stereocenters. The minimum absolute atomic E-state index is 0.638. The average molecular weight is 657 g/mol. The molecule has 242 valence electrons. The summed E-state index contributed by atoms with van der Waals surface area (Å²) in [6.07, 6.45) is 9.31. The number of hydrogen-bond acceptors (Lipinski definition) is 4. The highest BCUT2D eigenvalue weighted by Crippen LogP contribution is 2.38. The van der Waals surface area contributed by atoms with Crippen molar-refractivity contribution in [2.75, 3.05) is 0 Å². The van der Waals surface area contributed by atoms with Gasteiger partial charge in [-0.2, -0.15) is 0 Å². The topological polar surface area (TPSA) is 56.7 Å². The number of benzene rings is 6. The van der Waals surface area contributed by atoms with E-state index in [1.807, 2.05) is 42.5 Å². The van der Waals surface area contributed by atoms with Gasteiger partial charge in [0.1, 0.15) is 11.2 Å². The number of allylic oxidation sites excluding steroid dienone is 4. The van der Waals surface area contributed by atoms with Crippen molar-refractivity contribution in [3.8, 4) is 28.5 Å². The van der Waals surface area contributed by atoms with Crippen LogP contribution < -0.4 is 0 Å². The molecule has 0 amide bonds. The van der Waals surface area contributed by atoms with Crippen molar-refractivity contribution in [1.82, 2.24) is 19.5 Å². The van der Waals surface area contributed by atoms with Crippen LogP contribution in [0.25, 0.3) is 77.8 Å². The largest absolute Gasteiger partial charge is 0.456 e. The van der Waals surface area contributed by atoms with Crippen molar-refractivity contribution in [2.45, 2.75) is 19.3 Å². The number of hydrogen-bond donors (Lipinski definition) is 0. The monoisotopic (exact) mass is 656 g/mol. The highest BCUT2D eigenvalue weighted by atomic mass is 16.3. The van der Waals surface area contributed by atoms with Gasteiger partial charge >= 0.3 is 0 Å². The third kappa shape index (κ3) is 5.13. The zero-order valence-electron chi connectivity index (χ0n) is 27.8. The van der Waals surface area contributed by atoms with Crippen LogP contribution in [-0.4, -0.2) is 19.5 Å². The summed E-state index contributed by atoms with van der Waals surface area (Å²) in [5.41, 5.74) is 10.6. The van der Waals surface area contributed by atoms with Crippen LogP contribution in [0.5, 0.6) is 0 Å². The van der Waals surface area contributed by atoms with Gasteiger partial charge in [-0.1, -0.05) is 115 Å². The molecule has 10 rings (SSSR count). The maximum absolute atomic E-state index is 6.54. The molecule has 0 radical (unpaired) electrons. The summed E-state index contributed by atoms with van der Waals surface area (Å²) in [4.78, 5) is 15.0. The zero-order chi connectivity index (χ0) is 33.7. The standard InChI is InChI=1S/C46H32N4O/c1-4-13-32(14-5-1)44-47-45(33-15-6-2-7-16-33)49-46(48-44)37-20-12-22-41-43(37)36-25-23-31(29-42(36)51-41)27-30-24-26-40-38(28-30)35-19-10-11-21-39(35)50(40)34-17-8-3-9-18-34/h1,3-6,8-26,28-29H,2,7,27H2. The number of fused-ring (bicyclic) bond motifs is 6. The Hall–Kier alpha value is -6.59. The predicted octanol–water partition coefficient (Wildman–Crippen LogP) is 11.5. The van der Waals surface area contributed by atoms with Crippen LogP contribution >= 0.6 is 0 Å². The molecule has 51 heavy (non-hydrogen) atoms. The summed E-state index contributed by atoms with van der Waals surface area (Å²) in [5.74, 6) is 1.98. The van der Waals surface area contributed by atoms with E-state index in [0.29, 0.717) is 17.5 Å². The van der Waals surface area contributed by atoms with E-state index in [-0.39, 0.29) is 0 Å². The van der Waals surface area contributed by atoms with Gasteiger partial charge < -0.3 is 8.98 Å². The van der Waals surface area contributed by atoms with E-state index in [1.54, 1.807) is 0 Å². The lowest BCUT2D eigenvalue weighted by Crippen LogP contribution is -2.03. The molecular weight excluding hydrogens is 625 g/mol. The molecule has 0 N–H and O–H groups in total. The summed E-state index contributed by atoms with van der Waals surface area (Å²) in [7, 11) is 0. The molecule has 0 unspecified atom stereocenters. The fourth-order valence-electron chi connectivity index (χ4n) is 7.51. The van der Waals surface area contributed by atoms with Crippen molar-refractivity contribution in [2.24, 2.45) is 0 Å². The van der Waals surface area contributed by atoms with Gasteiger partial charge in [-0.3, -0.25) is 0 Å². The van der Waals surface area contributed by atoms with Crippen LogP contribution in [0.4, 0.5) is 0 Å². The van der Waals surface area contributed by atoms with E-state index in [2.05, 4.69) is 120 Å². The van der Waals surface area contributed by atoms with Gasteiger partial charge in [-0.25, -0.2) is 15.0 Å². The Morgan fingerprint density at radius 1 is 0.549 bits per heavy atom. The maximum atomic E-state index is 6.54. The van der Waals surface area contributed by atoms with Crippen LogP contribution in [0.3, 0.4) is 0 Å². The summed E-state index contributed by atoms with van der Waals surface area (Å²) in [5, 5.41) is 4.57. The average Bonchev–Trinajstić information content (AvgIpc) is 3.74. The first-order valence-corrected chi connectivity index (χ1v) is 17.5. The minimum atomic E-state index is 0.638. The summed E-state index contributed by atoms with van der Waals surface area (Å²) in [6, 6.07) is 49.0. The maximum Gasteiger partial charge on any atom is 0.164 e. The van der Waals surface area contributed by atoms with E-state index < -0.39 is 0 Å². The lowest BCUT2D eigenvalue weighted by molar-refractivity contribution is 0.668. The lowest BCUT2D eigenvalue weighted by atomic mass is 10.00. The van der Waals surface area contributed by atoms with Gasteiger partial charge in [0.15, 0.2) is 17.5 Å². The van der Waals surface area contributed by atoms with Crippen molar-refractivity contribution in [1.29, 1.82) is 0 Å². The zero-order valence-corrected chi connectivity index (χ0v) is 27.8. The van der Waals surface area contributed by atoms with Gasteiger partial charge in [0, 0.05) is 43.9 Å². The Morgan fingerprint density at radius 3 is 2.16 bits per heavy atom. The molecule has 0 saturated carbocycles. The fraction of sp³-hybridized carbons (Fsp3) is 0.0652. The highest BCUT2D eigenvalue weighted by molar-refractivity contribution is 6.12. The smallest absolute Gasteiger partial charge is 0.164 e. The normalized spacial score (nSPS) is 13.1. The van der Waals surface area contributed by atoms with Gasteiger partial charge in [-0.15, -0.1) is 0 Å². The molecule has 0 saturated heterocycles. The molecule has 0 spiro atoms. The van der Waals surface area contributed by atoms with Gasteiger partial charge in [0.2, 0.25) is 0 Å². The quantitative estimate of drug-likeness (QED) is 0.179. The van der Waals surface area contributed by atoms with Crippen LogP contribution in [0, 0.1) is 0 Å². The van der Waals surface area contributed by atoms with Crippen molar-refractivity contribution in [3.63, 3.8) is 0 Å². The van der Waals surface area contributed by atoms with Gasteiger partial charge in [0.25, 0.3) is 0 Å². The van der Waals surface area contributed by atoms with Crippen molar-refractivity contribution >= 4 is 49.3 Å². The van der Waals surface area contributed by atoms with Gasteiger partial charge in [-0.05, 0) is 72.9 Å². The first-order valence-electron chi connectivity index (χ1n) is 17.5. The number of rotatable bonds is 6. The second kappa shape index (κ2) is 12.1. The summed E-state index contributed by atoms with van der Waals surface area (Å²) < 4.78 is 8.89. The number of nitrogens with zero attached hydrogens (tertiary/aromatic N) is 4. The van der Waals surface area contributed by atoms with Gasteiger partial charge in [0.05, 0.1) is 11.0 Å². The molecular formula is C46H32N4O. The van der Waals surface area contributed by atoms with Crippen molar-refractivity contribution in [3.05, 3.63) is 175 Å². The van der Waals surface area contributed by atoms with Crippen LogP contribution in [-0.2, 0) is 6.42 Å². The van der Waals surface area contributed by atoms with E-state index in [9.17, 15) is 0 Å². The van der Waals surface area contributed by atoms with E-state index in [0.717, 1.165) is 57.9 Å². The number of furan rings is 1. The van der Waals surface area contributed by atoms with Crippen LogP contribution in [0.15, 0.2) is 162 Å². The first-order chi connectivity index (χ1) is 25.3. The molecule has 5 nitrogen and oxygen atoms in total. The third-order valence-corrected chi connectivity index (χ3v) is 9.88. The van der Waals surface area contributed by atoms with E-state index in [4.69, 9.17) is 19.4 Å². The van der Waals surface area contributed by atoms with E-state index in [1.165, 1.54) is 38.6 Å². The summed E-state index contributed by atoms with van der Waals surface area (Å²) in [6.45, 7) is 0. The SMILES string of the molecule is C1=CC(c2nc(-c3ccccc3)nc(-c3cccc4oc5cc(Cc6ccc7c(c6)c6ccccc6n7-c6ccccc6)ccc5c34)n2)=CCC1.